The van der Waals surface area contributed by atoms with Crippen molar-refractivity contribution in [1.82, 2.24) is 4.90 Å². The topological polar surface area (TPSA) is 102 Å². The molecule has 1 atom stereocenters. The number of unbranched alkanes of at least 4 members (excludes halogenated alkanes) is 1. The summed E-state index contributed by atoms with van der Waals surface area (Å²) in [6, 6.07) is 9.63. The predicted molar refractivity (Wildman–Crippen MR) is 125 cm³/mol. The zero-order chi connectivity index (χ0) is 23.7. The van der Waals surface area contributed by atoms with Gasteiger partial charge in [0.2, 0.25) is 0 Å². The van der Waals surface area contributed by atoms with Crippen molar-refractivity contribution < 1.29 is 24.2 Å². The number of ether oxygens (including phenoxy) is 2. The fourth-order valence-corrected chi connectivity index (χ4v) is 3.66. The summed E-state index contributed by atoms with van der Waals surface area (Å²) < 4.78 is 10.7. The molecule has 0 aromatic heterocycles. The van der Waals surface area contributed by atoms with Crippen LogP contribution in [-0.2, 0) is 16.0 Å². The number of phenolic OH excluding ortho intramolecular Hbond substituents is 1. The summed E-state index contributed by atoms with van der Waals surface area (Å²) in [4.78, 5) is 27.0. The third-order valence-electron chi connectivity index (χ3n) is 4.84. The van der Waals surface area contributed by atoms with Gasteiger partial charge in [-0.25, -0.2) is 4.79 Å². The number of aromatic hydroxyl groups is 1. The molecule has 1 unspecified atom stereocenters. The molecule has 9 heteroatoms. The van der Waals surface area contributed by atoms with Crippen molar-refractivity contribution in [3.63, 3.8) is 0 Å². The van der Waals surface area contributed by atoms with Gasteiger partial charge in [0.15, 0.2) is 11.5 Å². The van der Waals surface area contributed by atoms with Crippen LogP contribution in [0.1, 0.15) is 35.7 Å². The van der Waals surface area contributed by atoms with E-state index in [9.17, 15) is 14.7 Å². The number of esters is 1. The number of hydrogen-bond donors (Lipinski definition) is 2. The summed E-state index contributed by atoms with van der Waals surface area (Å²) in [6.07, 6.45) is 1.69. The lowest BCUT2D eigenvalue weighted by molar-refractivity contribution is -0.148. The highest BCUT2D eigenvalue weighted by molar-refractivity contribution is 6.39. The van der Waals surface area contributed by atoms with E-state index in [0.717, 1.165) is 12.0 Å². The highest BCUT2D eigenvalue weighted by Gasteiger charge is 2.32. The second-order valence-electron chi connectivity index (χ2n) is 7.12. The average Bonchev–Trinajstić information content (AvgIpc) is 2.79. The van der Waals surface area contributed by atoms with Crippen LogP contribution in [-0.4, -0.2) is 54.7 Å². The maximum atomic E-state index is 13.2. The smallest absolute Gasteiger partial charge is 0.329 e. The number of hydrogen-bond acceptors (Lipinski definition) is 6. The Labute approximate surface area is 198 Å². The Morgan fingerprint density at radius 2 is 1.88 bits per heavy atom. The molecule has 0 saturated carbocycles. The van der Waals surface area contributed by atoms with E-state index in [1.54, 1.807) is 6.92 Å². The molecule has 0 heterocycles. The molecular weight excluding hydrogens is 455 g/mol. The number of carbonyl (C=O) groups excluding carboxylic acids is 2. The summed E-state index contributed by atoms with van der Waals surface area (Å²) in [6.45, 7) is 2.70. The Bertz CT molecular complexity index is 924. The van der Waals surface area contributed by atoms with Crippen LogP contribution in [0.25, 0.3) is 0 Å². The van der Waals surface area contributed by atoms with Gasteiger partial charge < -0.3 is 25.2 Å². The first-order valence-corrected chi connectivity index (χ1v) is 11.1. The highest BCUT2D eigenvalue weighted by Crippen LogP contribution is 2.42. The van der Waals surface area contributed by atoms with Crippen molar-refractivity contribution >= 4 is 35.1 Å². The molecule has 0 aliphatic rings. The van der Waals surface area contributed by atoms with Crippen LogP contribution in [0.5, 0.6) is 11.5 Å². The Balaban J connectivity index is 2.30. The number of nitrogens with two attached hydrogens (primary N) is 1. The third-order valence-corrected chi connectivity index (χ3v) is 5.48. The zero-order valence-electron chi connectivity index (χ0n) is 18.1. The van der Waals surface area contributed by atoms with Gasteiger partial charge in [0, 0.05) is 13.5 Å². The quantitative estimate of drug-likeness (QED) is 0.369. The Kier molecular flexibility index (Phi) is 10.1. The van der Waals surface area contributed by atoms with E-state index < -0.39 is 23.7 Å². The van der Waals surface area contributed by atoms with Gasteiger partial charge in [0.05, 0.1) is 23.8 Å². The molecule has 7 nitrogen and oxygen atoms in total. The molecular formula is C23H28Cl2N2O5. The van der Waals surface area contributed by atoms with Crippen LogP contribution in [0.15, 0.2) is 36.4 Å². The van der Waals surface area contributed by atoms with Gasteiger partial charge in [0.1, 0.15) is 11.1 Å². The van der Waals surface area contributed by atoms with Crippen molar-refractivity contribution in [2.45, 2.75) is 32.2 Å². The van der Waals surface area contributed by atoms with E-state index in [1.165, 1.54) is 18.0 Å². The van der Waals surface area contributed by atoms with Gasteiger partial charge in [-0.15, -0.1) is 0 Å². The number of halogens is 2. The highest BCUT2D eigenvalue weighted by atomic mass is 35.5. The van der Waals surface area contributed by atoms with Crippen molar-refractivity contribution in [1.29, 1.82) is 0 Å². The van der Waals surface area contributed by atoms with Gasteiger partial charge >= 0.3 is 5.97 Å². The second-order valence-corrected chi connectivity index (χ2v) is 7.90. The van der Waals surface area contributed by atoms with Crippen molar-refractivity contribution in [3.8, 4) is 11.5 Å². The van der Waals surface area contributed by atoms with Gasteiger partial charge in [0.25, 0.3) is 5.91 Å². The summed E-state index contributed by atoms with van der Waals surface area (Å²) in [5.41, 5.74) is 6.18. The van der Waals surface area contributed by atoms with E-state index in [0.29, 0.717) is 19.6 Å². The molecule has 2 aromatic rings. The molecule has 0 aliphatic heterocycles. The molecule has 32 heavy (non-hydrogen) atoms. The summed E-state index contributed by atoms with van der Waals surface area (Å²) in [5.74, 6) is -1.56. The summed E-state index contributed by atoms with van der Waals surface area (Å²) >= 11 is 12.5. The molecule has 2 rings (SSSR count). The third kappa shape index (κ3) is 6.51. The Hall–Kier alpha value is -2.48. The van der Waals surface area contributed by atoms with Crippen molar-refractivity contribution in [2.75, 3.05) is 26.8 Å². The largest absolute Gasteiger partial charge is 0.505 e. The second kappa shape index (κ2) is 12.5. The SMILES string of the molecule is CCOC(=O)C(Cc1ccccc1)N(C)C(=O)c1cc(Cl)c(OCCCCN)c(Cl)c1O. The molecule has 0 bridgehead atoms. The Morgan fingerprint density at radius 1 is 1.19 bits per heavy atom. The molecule has 0 fully saturated rings. The maximum Gasteiger partial charge on any atom is 0.329 e. The molecule has 174 valence electrons. The van der Waals surface area contributed by atoms with Crippen LogP contribution in [0.2, 0.25) is 10.0 Å². The van der Waals surface area contributed by atoms with Crippen LogP contribution in [0, 0.1) is 0 Å². The number of likely N-dealkylation sites (N-methyl/N-ethyl adjacent to an activating group) is 1. The van der Waals surface area contributed by atoms with Crippen LogP contribution in [0.4, 0.5) is 0 Å². The van der Waals surface area contributed by atoms with Gasteiger partial charge in [-0.3, -0.25) is 4.79 Å². The number of rotatable bonds is 11. The monoisotopic (exact) mass is 482 g/mol. The summed E-state index contributed by atoms with van der Waals surface area (Å²) in [5, 5.41) is 10.5. The first kappa shape index (κ1) is 25.8. The summed E-state index contributed by atoms with van der Waals surface area (Å²) in [7, 11) is 1.46. The van der Waals surface area contributed by atoms with Gasteiger partial charge in [-0.05, 0) is 37.9 Å². The van der Waals surface area contributed by atoms with Crippen molar-refractivity contribution in [2.24, 2.45) is 5.73 Å². The van der Waals surface area contributed by atoms with E-state index in [4.69, 9.17) is 38.4 Å². The molecule has 1 amide bonds. The number of carbonyl (C=O) groups is 2. The zero-order valence-corrected chi connectivity index (χ0v) is 19.7. The number of phenols is 1. The molecule has 0 spiro atoms. The minimum Gasteiger partial charge on any atom is -0.505 e. The van der Waals surface area contributed by atoms with E-state index >= 15 is 0 Å². The molecule has 0 aliphatic carbocycles. The lowest BCUT2D eigenvalue weighted by Crippen LogP contribution is -2.44. The van der Waals surface area contributed by atoms with E-state index in [-0.39, 0.29) is 34.4 Å². The lowest BCUT2D eigenvalue weighted by Gasteiger charge is -2.27. The lowest BCUT2D eigenvalue weighted by atomic mass is 10.0. The van der Waals surface area contributed by atoms with E-state index in [1.807, 2.05) is 30.3 Å². The standard InChI is InChI=1S/C23H28Cl2N2O5/c1-3-31-23(30)18(13-15-9-5-4-6-10-15)27(2)22(29)16-14-17(24)21(19(25)20(16)28)32-12-8-7-11-26/h4-6,9-10,14,18,28H,3,7-8,11-13,26H2,1-2H3. The average molecular weight is 483 g/mol. The molecule has 3 N–H and O–H groups in total. The number of nitrogens with zero attached hydrogens (tertiary/aromatic N) is 1. The minimum atomic E-state index is -0.908. The Morgan fingerprint density at radius 3 is 2.50 bits per heavy atom. The fraction of sp³-hybridized carbons (Fsp3) is 0.391. The van der Waals surface area contributed by atoms with Gasteiger partial charge in [-0.1, -0.05) is 53.5 Å². The molecule has 0 radical (unpaired) electrons. The van der Waals surface area contributed by atoms with E-state index in [2.05, 4.69) is 0 Å². The predicted octanol–water partition coefficient (Wildman–Crippen LogP) is 4.06. The molecule has 2 aromatic carbocycles. The van der Waals surface area contributed by atoms with Crippen LogP contribution >= 0.6 is 23.2 Å². The van der Waals surface area contributed by atoms with Crippen molar-refractivity contribution in [3.05, 3.63) is 57.6 Å². The normalized spacial score (nSPS) is 11.7. The maximum absolute atomic E-state index is 13.2. The number of benzene rings is 2. The van der Waals surface area contributed by atoms with Crippen LogP contribution < -0.4 is 10.5 Å². The van der Waals surface area contributed by atoms with Gasteiger partial charge in [-0.2, -0.15) is 0 Å². The fourth-order valence-electron chi connectivity index (χ4n) is 3.09. The minimum absolute atomic E-state index is 0.0769. The first-order chi connectivity index (χ1) is 15.3. The number of amides is 1. The first-order valence-electron chi connectivity index (χ1n) is 10.3. The molecule has 0 saturated heterocycles. The van der Waals surface area contributed by atoms with Crippen LogP contribution in [0.3, 0.4) is 0 Å².